The van der Waals surface area contributed by atoms with Crippen molar-refractivity contribution in [1.29, 1.82) is 0 Å². The molecule has 0 fully saturated rings. The summed E-state index contributed by atoms with van der Waals surface area (Å²) in [6.07, 6.45) is 0. The average Bonchev–Trinajstić information content (AvgIpc) is 1.88. The molecule has 0 saturated heterocycles. The van der Waals surface area contributed by atoms with Gasteiger partial charge in [0.2, 0.25) is 0 Å². The number of rotatable bonds is 2. The van der Waals surface area contributed by atoms with Gasteiger partial charge in [0.25, 0.3) is 0 Å². The number of hydrogen-bond donors (Lipinski definition) is 2. The molecule has 0 spiro atoms. The molecule has 4 N–H and O–H groups in total. The van der Waals surface area contributed by atoms with Crippen LogP contribution in [0.25, 0.3) is 0 Å². The summed E-state index contributed by atoms with van der Waals surface area (Å²) in [5.41, 5.74) is 10.1. The van der Waals surface area contributed by atoms with E-state index in [1.165, 1.54) is 0 Å². The van der Waals surface area contributed by atoms with Crippen molar-refractivity contribution in [1.82, 2.24) is 4.90 Å². The normalized spacial score (nSPS) is 4.59. The molecule has 0 aromatic rings. The SMILES string of the molecule is CCN.CCN(C)CN.[Ar].[Ar].[Ar].[Ar].[Ar].[Ar].[Ar].[Ar]. The minimum Gasteiger partial charge on any atom is -0.331 e. The maximum absolute atomic E-state index is 5.21. The molecule has 0 unspecified atom stereocenters. The van der Waals surface area contributed by atoms with Crippen molar-refractivity contribution in [3.63, 3.8) is 0 Å². The van der Waals surface area contributed by atoms with Crippen LogP contribution in [0.5, 0.6) is 0 Å². The molecular formula is C6H19Ar8N3. The van der Waals surface area contributed by atoms with E-state index in [1.54, 1.807) is 0 Å². The summed E-state index contributed by atoms with van der Waals surface area (Å²) in [5.74, 6) is 0. The van der Waals surface area contributed by atoms with Crippen LogP contribution in [-0.4, -0.2) is 31.7 Å². The fourth-order valence-corrected chi connectivity index (χ4v) is 0.129. The van der Waals surface area contributed by atoms with Gasteiger partial charge < -0.3 is 11.5 Å². The van der Waals surface area contributed by atoms with Gasteiger partial charge in [-0.05, 0) is 20.1 Å². The summed E-state index contributed by atoms with van der Waals surface area (Å²) in [4.78, 5) is 2.03. The molecule has 0 amide bonds. The average molecular weight is 453 g/mol. The quantitative estimate of drug-likeness (QED) is 0.572. The fourth-order valence-electron chi connectivity index (χ4n) is 0.129. The molecule has 0 bridgehead atoms. The van der Waals surface area contributed by atoms with E-state index in [9.17, 15) is 0 Å². The Morgan fingerprint density at radius 2 is 0.882 bits per heavy atom. The van der Waals surface area contributed by atoms with Crippen molar-refractivity contribution in [3.8, 4) is 0 Å². The van der Waals surface area contributed by atoms with Gasteiger partial charge in [-0.1, -0.05) is 13.8 Å². The Morgan fingerprint density at radius 1 is 0.706 bits per heavy atom. The first-order chi connectivity index (χ1) is 4.22. The van der Waals surface area contributed by atoms with E-state index in [1.807, 2.05) is 18.9 Å². The van der Waals surface area contributed by atoms with Gasteiger partial charge in [-0.25, -0.2) is 0 Å². The summed E-state index contributed by atoms with van der Waals surface area (Å²) < 4.78 is 0. The van der Waals surface area contributed by atoms with Crippen molar-refractivity contribution in [2.45, 2.75) is 13.8 Å². The fraction of sp³-hybridized carbons (Fsp3) is 1.00. The minimum absolute atomic E-state index is 0. The van der Waals surface area contributed by atoms with Crippen LogP contribution in [0.15, 0.2) is 0 Å². The minimum atomic E-state index is 0. The van der Waals surface area contributed by atoms with E-state index in [4.69, 9.17) is 11.5 Å². The topological polar surface area (TPSA) is 55.3 Å². The Morgan fingerprint density at radius 3 is 0.882 bits per heavy atom. The van der Waals surface area contributed by atoms with Gasteiger partial charge in [-0.2, -0.15) is 0 Å². The third kappa shape index (κ3) is 76.5. The Bertz CT molecular complexity index is 52.2. The van der Waals surface area contributed by atoms with Crippen molar-refractivity contribution in [2.75, 3.05) is 26.8 Å². The van der Waals surface area contributed by atoms with Crippen LogP contribution in [0, 0.1) is 302 Å². The third-order valence-electron chi connectivity index (χ3n) is 0.852. The van der Waals surface area contributed by atoms with E-state index in [0.29, 0.717) is 6.67 Å². The maximum atomic E-state index is 5.21. The maximum Gasteiger partial charge on any atom is 0.0452 e. The molecule has 0 saturated carbocycles. The molecule has 0 aliphatic carbocycles. The molecular weight excluding hydrogens is 434 g/mol. The van der Waals surface area contributed by atoms with Crippen LogP contribution in [0.2, 0.25) is 0 Å². The van der Waals surface area contributed by atoms with Gasteiger partial charge in [0.1, 0.15) is 0 Å². The van der Waals surface area contributed by atoms with E-state index < -0.39 is 0 Å². The number of hydrogen-bond acceptors (Lipinski definition) is 3. The standard InChI is InChI=1S/C4H12N2.C2H7N.8Ar/c1-3-6(2)4-5;1-2-3;;;;;;;;/h3-5H2,1-2H3;2-3H2,1H3;;;;;;;;. The van der Waals surface area contributed by atoms with Crippen LogP contribution < -0.4 is 11.5 Å². The van der Waals surface area contributed by atoms with E-state index in [-0.39, 0.29) is 302 Å². The van der Waals surface area contributed by atoms with E-state index >= 15 is 0 Å². The Kier molecular flexibility index (Phi) is 236. The molecule has 0 rings (SSSR count). The van der Waals surface area contributed by atoms with Crippen LogP contribution >= 0.6 is 0 Å². The molecule has 0 aromatic heterocycles. The van der Waals surface area contributed by atoms with E-state index in [2.05, 4.69) is 6.92 Å². The predicted octanol–water partition coefficient (Wildman–Crippen LogP) is -0.181. The van der Waals surface area contributed by atoms with Crippen LogP contribution in [0.3, 0.4) is 0 Å². The van der Waals surface area contributed by atoms with Crippen molar-refractivity contribution in [3.05, 3.63) is 0 Å². The monoisotopic (exact) mass is 453 g/mol. The van der Waals surface area contributed by atoms with Crippen molar-refractivity contribution >= 4 is 0 Å². The second-order valence-electron chi connectivity index (χ2n) is 1.76. The van der Waals surface area contributed by atoms with Crippen molar-refractivity contribution < 1.29 is 302 Å². The molecule has 0 radical (unpaired) electrons. The first-order valence-electron chi connectivity index (χ1n) is 3.31. The van der Waals surface area contributed by atoms with Gasteiger partial charge in [-0.3, -0.25) is 4.90 Å². The van der Waals surface area contributed by atoms with Crippen LogP contribution in [0.4, 0.5) is 0 Å². The summed E-state index contributed by atoms with van der Waals surface area (Å²) in [6.45, 7) is 6.43. The molecule has 3 nitrogen and oxygen atoms in total. The first kappa shape index (κ1) is 63.2. The summed E-state index contributed by atoms with van der Waals surface area (Å²) in [5, 5.41) is 0. The Balaban J connectivity index is -0.00000000523. The predicted molar refractivity (Wildman–Crippen MR) is 42.1 cm³/mol. The van der Waals surface area contributed by atoms with Gasteiger partial charge >= 0.3 is 0 Å². The summed E-state index contributed by atoms with van der Waals surface area (Å²) in [6, 6.07) is 0. The molecule has 11 heteroatoms. The first-order valence-corrected chi connectivity index (χ1v) is 3.31. The second-order valence-corrected chi connectivity index (χ2v) is 1.76. The third-order valence-corrected chi connectivity index (χ3v) is 0.852. The number of nitrogens with zero attached hydrogens (tertiary/aromatic N) is 1. The van der Waals surface area contributed by atoms with Crippen LogP contribution in [0.1, 0.15) is 13.8 Å². The van der Waals surface area contributed by atoms with Gasteiger partial charge in [-0.15, -0.1) is 0 Å². The zero-order chi connectivity index (χ0) is 7.70. The molecule has 0 aliphatic heterocycles. The molecule has 0 aromatic carbocycles. The zero-order valence-corrected chi connectivity index (χ0v) is 15.2. The Hall–Kier alpha value is 9.96. The largest absolute Gasteiger partial charge is 0.331 e. The molecule has 0 aliphatic rings. The van der Waals surface area contributed by atoms with Gasteiger partial charge in [0, 0.05) is 309 Å². The second kappa shape index (κ2) is 63.5. The zero-order valence-electron chi connectivity index (χ0n) is 9.55. The summed E-state index contributed by atoms with van der Waals surface area (Å²) in [7, 11) is 1.99. The van der Waals surface area contributed by atoms with Crippen LogP contribution in [-0.2, 0) is 0 Å². The van der Waals surface area contributed by atoms with Gasteiger partial charge in [0.15, 0.2) is 0 Å². The van der Waals surface area contributed by atoms with E-state index in [0.717, 1.165) is 13.1 Å². The number of nitrogens with two attached hydrogens (primary N) is 2. The van der Waals surface area contributed by atoms with Gasteiger partial charge in [0.05, 0.1) is 0 Å². The molecule has 17 heavy (non-hydrogen) atoms. The molecule has 122 valence electrons. The molecule has 0 atom stereocenters. The van der Waals surface area contributed by atoms with Crippen molar-refractivity contribution in [2.24, 2.45) is 11.5 Å². The smallest absolute Gasteiger partial charge is 0.0452 e. The Labute approximate surface area is 347 Å². The summed E-state index contributed by atoms with van der Waals surface area (Å²) >= 11 is 0. The molecule has 0 heterocycles.